The van der Waals surface area contributed by atoms with Crippen molar-refractivity contribution >= 4 is 23.9 Å². The second-order valence-electron chi connectivity index (χ2n) is 9.91. The van der Waals surface area contributed by atoms with Crippen molar-refractivity contribution in [1.82, 2.24) is 15.1 Å². The van der Waals surface area contributed by atoms with Gasteiger partial charge in [0.25, 0.3) is 0 Å². The quantitative estimate of drug-likeness (QED) is 0.305. The predicted molar refractivity (Wildman–Crippen MR) is 130 cm³/mol. The molecular weight excluding hydrogens is 487 g/mol. The molecule has 0 bridgehead atoms. The molecule has 198 valence electrons. The van der Waals surface area contributed by atoms with Crippen LogP contribution in [0.1, 0.15) is 44.2 Å². The number of nitrogens with one attached hydrogen (secondary N) is 2. The molecule has 0 unspecified atom stereocenters. The molecule has 1 aliphatic heterocycles. The number of carbonyl (C=O) groups is 3. The van der Waals surface area contributed by atoms with E-state index in [0.29, 0.717) is 11.1 Å². The zero-order valence-corrected chi connectivity index (χ0v) is 20.4. The summed E-state index contributed by atoms with van der Waals surface area (Å²) in [5.74, 6) is -2.61. The van der Waals surface area contributed by atoms with Crippen LogP contribution >= 0.6 is 0 Å². The third-order valence-corrected chi connectivity index (χ3v) is 7.32. The lowest BCUT2D eigenvalue weighted by Gasteiger charge is -2.46. The SMILES string of the molecule is C[C@@H]1CN(C(=O)C(=O)NC(/C=C(\C=N)C2CC2)=C/N)[C@@H](c2ccccc2)CN1C(=O)C1(C(F)(F)F)CC1. The van der Waals surface area contributed by atoms with Gasteiger partial charge in [0.2, 0.25) is 5.91 Å². The van der Waals surface area contributed by atoms with Gasteiger partial charge in [-0.05, 0) is 55.7 Å². The van der Waals surface area contributed by atoms with Gasteiger partial charge < -0.3 is 26.3 Å². The normalized spacial score (nSPS) is 23.9. The molecule has 4 rings (SSSR count). The fraction of sp³-hybridized carbons (Fsp3) is 0.462. The summed E-state index contributed by atoms with van der Waals surface area (Å²) in [6.07, 6.45) is 0.592. The Hall–Kier alpha value is -3.63. The van der Waals surface area contributed by atoms with Gasteiger partial charge in [-0.25, -0.2) is 0 Å². The molecule has 8 nitrogen and oxygen atoms in total. The molecule has 1 heterocycles. The van der Waals surface area contributed by atoms with E-state index < -0.39 is 41.4 Å². The third kappa shape index (κ3) is 5.26. The third-order valence-electron chi connectivity index (χ3n) is 7.32. The number of halogens is 3. The van der Waals surface area contributed by atoms with Gasteiger partial charge in [0.1, 0.15) is 5.41 Å². The highest BCUT2D eigenvalue weighted by molar-refractivity contribution is 6.35. The molecular formula is C26H30F3N5O3. The first-order valence-electron chi connectivity index (χ1n) is 12.2. The van der Waals surface area contributed by atoms with Crippen LogP contribution in [0, 0.1) is 16.7 Å². The van der Waals surface area contributed by atoms with Crippen LogP contribution in [0.2, 0.25) is 0 Å². The maximum atomic E-state index is 13.7. The number of nitrogens with zero attached hydrogens (tertiary/aromatic N) is 2. The van der Waals surface area contributed by atoms with E-state index >= 15 is 0 Å². The largest absolute Gasteiger partial charge is 0.403 e. The Labute approximate surface area is 212 Å². The average Bonchev–Trinajstić information content (AvgIpc) is 3.79. The Kier molecular flexibility index (Phi) is 7.16. The minimum Gasteiger partial charge on any atom is -0.403 e. The molecule has 2 aliphatic carbocycles. The van der Waals surface area contributed by atoms with Crippen LogP contribution in [0.25, 0.3) is 0 Å². The van der Waals surface area contributed by atoms with Crippen molar-refractivity contribution in [2.75, 3.05) is 13.1 Å². The molecule has 11 heteroatoms. The minimum absolute atomic E-state index is 0.114. The van der Waals surface area contributed by atoms with E-state index in [9.17, 15) is 27.6 Å². The lowest BCUT2D eigenvalue weighted by atomic mass is 9.96. The highest BCUT2D eigenvalue weighted by Gasteiger charge is 2.70. The molecule has 1 saturated heterocycles. The van der Waals surface area contributed by atoms with Gasteiger partial charge in [-0.3, -0.25) is 14.4 Å². The second kappa shape index (κ2) is 10.0. The van der Waals surface area contributed by atoms with Crippen LogP contribution in [0.5, 0.6) is 0 Å². The van der Waals surface area contributed by atoms with E-state index in [1.54, 1.807) is 43.3 Å². The zero-order valence-electron chi connectivity index (χ0n) is 20.4. The molecule has 3 fully saturated rings. The Morgan fingerprint density at radius 3 is 2.27 bits per heavy atom. The molecule has 1 aromatic rings. The topological polar surface area (TPSA) is 120 Å². The first kappa shape index (κ1) is 26.4. The maximum Gasteiger partial charge on any atom is 0.403 e. The Morgan fingerprint density at radius 2 is 1.76 bits per heavy atom. The average molecular weight is 518 g/mol. The van der Waals surface area contributed by atoms with Crippen molar-refractivity contribution in [3.63, 3.8) is 0 Å². The number of carbonyl (C=O) groups excluding carboxylic acids is 3. The number of allylic oxidation sites excluding steroid dienone is 2. The van der Waals surface area contributed by atoms with Gasteiger partial charge in [-0.1, -0.05) is 30.3 Å². The first-order chi connectivity index (χ1) is 17.5. The summed E-state index contributed by atoms with van der Waals surface area (Å²) in [7, 11) is 0. The summed E-state index contributed by atoms with van der Waals surface area (Å²) in [6, 6.07) is 7.07. The molecule has 0 radical (unpaired) electrons. The molecule has 0 aromatic heterocycles. The maximum absolute atomic E-state index is 13.7. The summed E-state index contributed by atoms with van der Waals surface area (Å²) < 4.78 is 41.1. The number of hydrogen-bond donors (Lipinski definition) is 3. The monoisotopic (exact) mass is 517 g/mol. The van der Waals surface area contributed by atoms with E-state index in [4.69, 9.17) is 11.1 Å². The fourth-order valence-electron chi connectivity index (χ4n) is 4.78. The van der Waals surface area contributed by atoms with E-state index in [1.165, 1.54) is 16.0 Å². The number of piperazine rings is 1. The standard InChI is InChI=1S/C26H30F3N5O3/c1-16-14-34(23(36)22(35)32-20(13-31)11-19(12-30)17-7-8-17)21(18-5-3-2-4-6-18)15-33(16)24(37)25(9-10-25)26(27,28)29/h2-6,11-13,16-17,21,30H,7-10,14-15,31H2,1H3,(H,32,35)/b19-11+,20-13+,30-12?/t16-,21-/m1/s1. The van der Waals surface area contributed by atoms with E-state index in [0.717, 1.165) is 19.0 Å². The van der Waals surface area contributed by atoms with Crippen molar-refractivity contribution in [2.45, 2.75) is 50.9 Å². The number of nitrogens with two attached hydrogens (primary N) is 1. The van der Waals surface area contributed by atoms with Crippen LogP contribution in [0.4, 0.5) is 13.2 Å². The van der Waals surface area contributed by atoms with Crippen molar-refractivity contribution < 1.29 is 27.6 Å². The molecule has 3 amide bonds. The minimum atomic E-state index is -4.65. The fourth-order valence-corrected chi connectivity index (χ4v) is 4.78. The van der Waals surface area contributed by atoms with E-state index in [2.05, 4.69) is 5.32 Å². The highest BCUT2D eigenvalue weighted by Crippen LogP contribution is 2.59. The van der Waals surface area contributed by atoms with Crippen molar-refractivity contribution in [2.24, 2.45) is 17.1 Å². The number of rotatable bonds is 6. The molecule has 2 atom stereocenters. The first-order valence-corrected chi connectivity index (χ1v) is 12.2. The van der Waals surface area contributed by atoms with Gasteiger partial charge in [0.05, 0.1) is 11.7 Å². The Balaban J connectivity index is 1.56. The number of alkyl halides is 3. The van der Waals surface area contributed by atoms with Crippen LogP contribution in [0.15, 0.2) is 53.9 Å². The van der Waals surface area contributed by atoms with Gasteiger partial charge in [-0.15, -0.1) is 0 Å². The van der Waals surface area contributed by atoms with E-state index in [1.807, 2.05) is 0 Å². The molecule has 37 heavy (non-hydrogen) atoms. The van der Waals surface area contributed by atoms with Gasteiger partial charge in [-0.2, -0.15) is 13.2 Å². The smallest absolute Gasteiger partial charge is 0.403 e. The summed E-state index contributed by atoms with van der Waals surface area (Å²) in [4.78, 5) is 41.8. The number of hydrogen-bond acceptors (Lipinski definition) is 5. The van der Waals surface area contributed by atoms with Crippen molar-refractivity contribution in [1.29, 1.82) is 5.41 Å². The Morgan fingerprint density at radius 1 is 1.11 bits per heavy atom. The van der Waals surface area contributed by atoms with Crippen LogP contribution in [-0.2, 0) is 14.4 Å². The molecule has 4 N–H and O–H groups in total. The van der Waals surface area contributed by atoms with Crippen LogP contribution < -0.4 is 11.1 Å². The Bertz CT molecular complexity index is 1140. The molecule has 3 aliphatic rings. The van der Waals surface area contributed by atoms with E-state index in [-0.39, 0.29) is 37.5 Å². The number of benzene rings is 1. The van der Waals surface area contributed by atoms with Crippen LogP contribution in [0.3, 0.4) is 0 Å². The van der Waals surface area contributed by atoms with Gasteiger partial charge >= 0.3 is 18.0 Å². The summed E-state index contributed by atoms with van der Waals surface area (Å²) in [5.41, 5.74) is 4.72. The van der Waals surface area contributed by atoms with Gasteiger partial charge in [0, 0.05) is 31.5 Å². The van der Waals surface area contributed by atoms with Crippen molar-refractivity contribution in [3.8, 4) is 0 Å². The predicted octanol–water partition coefficient (Wildman–Crippen LogP) is 3.03. The summed E-state index contributed by atoms with van der Waals surface area (Å²) in [5, 5.41) is 10.0. The molecule has 1 aromatic carbocycles. The summed E-state index contributed by atoms with van der Waals surface area (Å²) in [6.45, 7) is 1.29. The van der Waals surface area contributed by atoms with Crippen molar-refractivity contribution in [3.05, 3.63) is 59.4 Å². The van der Waals surface area contributed by atoms with Gasteiger partial charge in [0.15, 0.2) is 0 Å². The lowest BCUT2D eigenvalue weighted by molar-refractivity contribution is -0.201. The second-order valence-corrected chi connectivity index (χ2v) is 9.91. The lowest BCUT2D eigenvalue weighted by Crippen LogP contribution is -2.60. The summed E-state index contributed by atoms with van der Waals surface area (Å²) >= 11 is 0. The molecule has 0 spiro atoms. The van der Waals surface area contributed by atoms with Crippen LogP contribution in [-0.4, -0.2) is 59.0 Å². The zero-order chi connectivity index (χ0) is 27.0. The number of amides is 3. The molecule has 2 saturated carbocycles. The highest BCUT2D eigenvalue weighted by atomic mass is 19.4.